The van der Waals surface area contributed by atoms with Crippen molar-refractivity contribution in [1.82, 2.24) is 16.0 Å². The minimum absolute atomic E-state index is 0. The summed E-state index contributed by atoms with van der Waals surface area (Å²) in [6.45, 7) is 4.85. The van der Waals surface area contributed by atoms with Crippen LogP contribution in [0, 0.1) is 6.92 Å². The molecule has 8 nitrogen and oxygen atoms in total. The fourth-order valence-electron chi connectivity index (χ4n) is 2.58. The van der Waals surface area contributed by atoms with Crippen molar-refractivity contribution in [2.45, 2.75) is 19.9 Å². The Morgan fingerprint density at radius 1 is 1.13 bits per heavy atom. The van der Waals surface area contributed by atoms with Gasteiger partial charge in [-0.1, -0.05) is 12.1 Å². The molecule has 2 rings (SSSR count). The van der Waals surface area contributed by atoms with E-state index in [1.165, 1.54) is 6.26 Å². The van der Waals surface area contributed by atoms with Gasteiger partial charge in [0.05, 0.1) is 12.9 Å². The molecule has 9 heteroatoms. The van der Waals surface area contributed by atoms with E-state index >= 15 is 0 Å². The lowest BCUT2D eigenvalue weighted by molar-refractivity contribution is 0.0926. The normalized spacial score (nSPS) is 10.8. The second kappa shape index (κ2) is 14.7. The SMILES string of the molecule is CN=C(NCCNC(=O)c1ccco1)NCc1ccc(C)cc1OCCCOC.I. The first-order chi connectivity index (χ1) is 14.1. The van der Waals surface area contributed by atoms with Crippen LogP contribution in [0.5, 0.6) is 5.75 Å². The van der Waals surface area contributed by atoms with Crippen molar-refractivity contribution in [1.29, 1.82) is 0 Å². The molecule has 0 aliphatic heterocycles. The zero-order chi connectivity index (χ0) is 20.9. The van der Waals surface area contributed by atoms with Gasteiger partial charge in [0.1, 0.15) is 5.75 Å². The summed E-state index contributed by atoms with van der Waals surface area (Å²) < 4.78 is 16.0. The highest BCUT2D eigenvalue weighted by molar-refractivity contribution is 14.0. The maximum absolute atomic E-state index is 11.8. The van der Waals surface area contributed by atoms with E-state index in [4.69, 9.17) is 13.9 Å². The summed E-state index contributed by atoms with van der Waals surface area (Å²) in [5, 5.41) is 9.21. The highest BCUT2D eigenvalue weighted by Gasteiger charge is 2.08. The Kier molecular flexibility index (Phi) is 12.6. The fraction of sp³-hybridized carbons (Fsp3) is 0.429. The Morgan fingerprint density at radius 3 is 2.63 bits per heavy atom. The summed E-state index contributed by atoms with van der Waals surface area (Å²) in [7, 11) is 3.39. The first kappa shape index (κ1) is 25.8. The van der Waals surface area contributed by atoms with Crippen LogP contribution in [0.3, 0.4) is 0 Å². The van der Waals surface area contributed by atoms with Crippen molar-refractivity contribution in [2.75, 3.05) is 40.5 Å². The van der Waals surface area contributed by atoms with E-state index < -0.39 is 0 Å². The number of furan rings is 1. The van der Waals surface area contributed by atoms with Crippen LogP contribution in [0.4, 0.5) is 0 Å². The van der Waals surface area contributed by atoms with Crippen molar-refractivity contribution in [3.63, 3.8) is 0 Å². The molecule has 0 radical (unpaired) electrons. The van der Waals surface area contributed by atoms with Gasteiger partial charge < -0.3 is 29.8 Å². The van der Waals surface area contributed by atoms with Crippen LogP contribution in [0.25, 0.3) is 0 Å². The van der Waals surface area contributed by atoms with Gasteiger partial charge in [-0.2, -0.15) is 0 Å². The molecular weight excluding hydrogens is 499 g/mol. The summed E-state index contributed by atoms with van der Waals surface area (Å²) in [5.74, 6) is 1.55. The van der Waals surface area contributed by atoms with Gasteiger partial charge in [0, 0.05) is 52.4 Å². The standard InChI is InChI=1S/C21H30N4O4.HI/c1-16-7-8-17(19(14-16)29-13-5-11-27-3)15-25-21(22-2)24-10-9-23-20(26)18-6-4-12-28-18;/h4,6-8,12,14H,5,9-11,13,15H2,1-3H3,(H,23,26)(H2,22,24,25);1H. The Bertz CT molecular complexity index is 781. The van der Waals surface area contributed by atoms with E-state index in [0.717, 1.165) is 23.3 Å². The van der Waals surface area contributed by atoms with Crippen LogP contribution < -0.4 is 20.7 Å². The van der Waals surface area contributed by atoms with E-state index in [1.54, 1.807) is 26.3 Å². The van der Waals surface area contributed by atoms with Crippen LogP contribution in [0.1, 0.15) is 28.1 Å². The lowest BCUT2D eigenvalue weighted by Crippen LogP contribution is -2.41. The molecule has 0 spiro atoms. The van der Waals surface area contributed by atoms with Crippen LogP contribution in [-0.2, 0) is 11.3 Å². The average Bonchev–Trinajstić information content (AvgIpc) is 3.26. The van der Waals surface area contributed by atoms with E-state index in [2.05, 4.69) is 27.0 Å². The number of ether oxygens (including phenoxy) is 2. The number of nitrogens with one attached hydrogen (secondary N) is 3. The number of halogens is 1. The highest BCUT2D eigenvalue weighted by Crippen LogP contribution is 2.20. The Morgan fingerprint density at radius 2 is 1.93 bits per heavy atom. The molecule has 0 aliphatic rings. The number of guanidine groups is 1. The number of aryl methyl sites for hydroxylation is 1. The molecule has 3 N–H and O–H groups in total. The zero-order valence-corrected chi connectivity index (χ0v) is 20.0. The third-order valence-corrected chi connectivity index (χ3v) is 4.09. The summed E-state index contributed by atoms with van der Waals surface area (Å²) >= 11 is 0. The Balaban J connectivity index is 0.00000450. The predicted molar refractivity (Wildman–Crippen MR) is 128 cm³/mol. The molecule has 1 aromatic carbocycles. The summed E-state index contributed by atoms with van der Waals surface area (Å²) in [5.41, 5.74) is 2.19. The maximum atomic E-state index is 11.8. The number of methoxy groups -OCH3 is 1. The topological polar surface area (TPSA) is 97.1 Å². The Labute approximate surface area is 194 Å². The summed E-state index contributed by atoms with van der Waals surface area (Å²) in [4.78, 5) is 16.0. The summed E-state index contributed by atoms with van der Waals surface area (Å²) in [6.07, 6.45) is 2.31. The van der Waals surface area contributed by atoms with E-state index in [0.29, 0.717) is 44.6 Å². The number of amides is 1. The largest absolute Gasteiger partial charge is 0.493 e. The minimum atomic E-state index is -0.241. The number of nitrogens with zero attached hydrogens (tertiary/aromatic N) is 1. The van der Waals surface area contributed by atoms with Crippen molar-refractivity contribution in [2.24, 2.45) is 4.99 Å². The molecule has 0 atom stereocenters. The quantitative estimate of drug-likeness (QED) is 0.179. The number of carbonyl (C=O) groups is 1. The smallest absolute Gasteiger partial charge is 0.287 e. The second-order valence-corrected chi connectivity index (χ2v) is 6.39. The first-order valence-corrected chi connectivity index (χ1v) is 9.61. The Hall–Kier alpha value is -2.27. The van der Waals surface area contributed by atoms with Gasteiger partial charge in [-0.15, -0.1) is 24.0 Å². The molecule has 166 valence electrons. The predicted octanol–water partition coefficient (Wildman–Crippen LogP) is 2.72. The van der Waals surface area contributed by atoms with Gasteiger partial charge in [-0.05, 0) is 30.7 Å². The minimum Gasteiger partial charge on any atom is -0.493 e. The number of rotatable bonds is 11. The maximum Gasteiger partial charge on any atom is 0.287 e. The molecule has 30 heavy (non-hydrogen) atoms. The van der Waals surface area contributed by atoms with Gasteiger partial charge in [0.25, 0.3) is 5.91 Å². The van der Waals surface area contributed by atoms with E-state index in [-0.39, 0.29) is 29.9 Å². The van der Waals surface area contributed by atoms with Crippen LogP contribution >= 0.6 is 24.0 Å². The zero-order valence-electron chi connectivity index (χ0n) is 17.7. The molecule has 1 heterocycles. The second-order valence-electron chi connectivity index (χ2n) is 6.39. The van der Waals surface area contributed by atoms with Gasteiger partial charge >= 0.3 is 0 Å². The molecule has 0 saturated carbocycles. The lowest BCUT2D eigenvalue weighted by Gasteiger charge is -2.15. The van der Waals surface area contributed by atoms with Gasteiger partial charge in [-0.25, -0.2) is 0 Å². The molecule has 0 fully saturated rings. The number of benzene rings is 1. The van der Waals surface area contributed by atoms with Crippen LogP contribution in [0.2, 0.25) is 0 Å². The molecule has 0 saturated heterocycles. The highest BCUT2D eigenvalue weighted by atomic mass is 127. The van der Waals surface area contributed by atoms with Crippen molar-refractivity contribution < 1.29 is 18.7 Å². The summed E-state index contributed by atoms with van der Waals surface area (Å²) in [6, 6.07) is 9.44. The third-order valence-electron chi connectivity index (χ3n) is 4.09. The van der Waals surface area contributed by atoms with Gasteiger partial charge in [0.2, 0.25) is 0 Å². The molecule has 2 aromatic rings. The lowest BCUT2D eigenvalue weighted by atomic mass is 10.1. The average molecular weight is 530 g/mol. The monoisotopic (exact) mass is 530 g/mol. The van der Waals surface area contributed by atoms with E-state index in [1.807, 2.05) is 19.1 Å². The van der Waals surface area contributed by atoms with Crippen LogP contribution in [-0.4, -0.2) is 52.3 Å². The fourth-order valence-corrected chi connectivity index (χ4v) is 2.58. The number of hydrogen-bond donors (Lipinski definition) is 3. The number of carbonyl (C=O) groups excluding carboxylic acids is 1. The molecular formula is C21H31IN4O4. The molecule has 0 unspecified atom stereocenters. The van der Waals surface area contributed by atoms with Crippen molar-refractivity contribution >= 4 is 35.8 Å². The van der Waals surface area contributed by atoms with Gasteiger partial charge in [0.15, 0.2) is 11.7 Å². The van der Waals surface area contributed by atoms with E-state index in [9.17, 15) is 4.79 Å². The van der Waals surface area contributed by atoms with Crippen LogP contribution in [0.15, 0.2) is 46.0 Å². The molecule has 1 aromatic heterocycles. The number of aliphatic imine (C=N–C) groups is 1. The van der Waals surface area contributed by atoms with Crippen molar-refractivity contribution in [3.05, 3.63) is 53.5 Å². The first-order valence-electron chi connectivity index (χ1n) is 9.61. The number of hydrogen-bond acceptors (Lipinski definition) is 5. The molecule has 1 amide bonds. The van der Waals surface area contributed by atoms with Gasteiger partial charge in [-0.3, -0.25) is 9.79 Å². The molecule has 0 aliphatic carbocycles. The molecule has 0 bridgehead atoms. The third kappa shape index (κ3) is 9.04. The van der Waals surface area contributed by atoms with Crippen molar-refractivity contribution in [3.8, 4) is 5.75 Å².